The molecule has 1 heterocycles. The highest BCUT2D eigenvalue weighted by Gasteiger charge is 2.43. The summed E-state index contributed by atoms with van der Waals surface area (Å²) in [5, 5.41) is 9.28. The van der Waals surface area contributed by atoms with Gasteiger partial charge in [-0.2, -0.15) is 0 Å². The van der Waals surface area contributed by atoms with Crippen molar-refractivity contribution in [2.24, 2.45) is 5.73 Å². The number of alkyl halides is 2. The molecular formula is C10H12ClF2NO3. The van der Waals surface area contributed by atoms with E-state index in [1.165, 1.54) is 25.1 Å². The maximum Gasteiger partial charge on any atom is 0.586 e. The Kier molecular flexibility index (Phi) is 3.81. The van der Waals surface area contributed by atoms with Crippen LogP contribution in [-0.2, 0) is 0 Å². The fourth-order valence-electron chi connectivity index (χ4n) is 1.45. The molecule has 7 heteroatoms. The van der Waals surface area contributed by atoms with E-state index in [1.54, 1.807) is 0 Å². The molecule has 0 aliphatic carbocycles. The zero-order chi connectivity index (χ0) is 11.9. The van der Waals surface area contributed by atoms with Crippen LogP contribution in [0.2, 0.25) is 0 Å². The lowest BCUT2D eigenvalue weighted by Gasteiger charge is -2.14. The van der Waals surface area contributed by atoms with Gasteiger partial charge in [-0.1, -0.05) is 6.07 Å². The van der Waals surface area contributed by atoms with Crippen molar-refractivity contribution in [3.05, 3.63) is 23.8 Å². The molecule has 3 N–H and O–H groups in total. The number of aliphatic hydroxyl groups excluding tert-OH is 1. The zero-order valence-corrected chi connectivity index (χ0v) is 9.71. The molecule has 0 saturated heterocycles. The van der Waals surface area contributed by atoms with Crippen LogP contribution in [0.15, 0.2) is 18.2 Å². The largest absolute Gasteiger partial charge is 0.586 e. The van der Waals surface area contributed by atoms with Crippen molar-refractivity contribution < 1.29 is 23.4 Å². The lowest BCUT2D eigenvalue weighted by molar-refractivity contribution is -0.286. The minimum absolute atomic E-state index is 0. The summed E-state index contributed by atoms with van der Waals surface area (Å²) >= 11 is 0. The maximum atomic E-state index is 12.7. The molecule has 96 valence electrons. The van der Waals surface area contributed by atoms with Gasteiger partial charge in [0.2, 0.25) is 0 Å². The van der Waals surface area contributed by atoms with E-state index in [1.807, 2.05) is 0 Å². The first-order chi connectivity index (χ1) is 7.39. The highest BCUT2D eigenvalue weighted by molar-refractivity contribution is 5.85. The summed E-state index contributed by atoms with van der Waals surface area (Å²) < 4.78 is 33.9. The van der Waals surface area contributed by atoms with E-state index >= 15 is 0 Å². The van der Waals surface area contributed by atoms with Gasteiger partial charge in [-0.3, -0.25) is 0 Å². The van der Waals surface area contributed by atoms with Gasteiger partial charge in [-0.25, -0.2) is 0 Å². The van der Waals surface area contributed by atoms with Crippen molar-refractivity contribution in [3.8, 4) is 11.5 Å². The number of nitrogens with two attached hydrogens (primary N) is 1. The number of ether oxygens (including phenoxy) is 2. The summed E-state index contributed by atoms with van der Waals surface area (Å²) in [6, 6.07) is 3.55. The van der Waals surface area contributed by atoms with E-state index in [-0.39, 0.29) is 23.9 Å². The molecule has 0 amide bonds. The molecule has 2 atom stereocenters. The van der Waals surface area contributed by atoms with Crippen LogP contribution in [0.25, 0.3) is 0 Å². The molecule has 0 radical (unpaired) electrons. The fraction of sp³-hybridized carbons (Fsp3) is 0.400. The van der Waals surface area contributed by atoms with Crippen LogP contribution >= 0.6 is 12.4 Å². The van der Waals surface area contributed by atoms with Crippen molar-refractivity contribution in [1.82, 2.24) is 0 Å². The predicted molar refractivity (Wildman–Crippen MR) is 58.5 cm³/mol. The second-order valence-electron chi connectivity index (χ2n) is 3.64. The topological polar surface area (TPSA) is 64.7 Å². The number of aliphatic hydroxyl groups is 1. The van der Waals surface area contributed by atoms with Crippen LogP contribution < -0.4 is 15.2 Å². The van der Waals surface area contributed by atoms with Crippen molar-refractivity contribution in [2.45, 2.75) is 25.4 Å². The van der Waals surface area contributed by atoms with Crippen LogP contribution in [0.1, 0.15) is 18.5 Å². The lowest BCUT2D eigenvalue weighted by atomic mass is 10.0. The summed E-state index contributed by atoms with van der Waals surface area (Å²) in [6.45, 7) is 1.52. The lowest BCUT2D eigenvalue weighted by Crippen LogP contribution is -2.26. The first-order valence-corrected chi connectivity index (χ1v) is 4.72. The van der Waals surface area contributed by atoms with Crippen LogP contribution in [0, 0.1) is 0 Å². The van der Waals surface area contributed by atoms with E-state index in [2.05, 4.69) is 9.47 Å². The average Bonchev–Trinajstić information content (AvgIpc) is 2.48. The Balaban J connectivity index is 0.00000144. The van der Waals surface area contributed by atoms with E-state index in [4.69, 9.17) is 5.73 Å². The van der Waals surface area contributed by atoms with E-state index < -0.39 is 18.4 Å². The van der Waals surface area contributed by atoms with Crippen molar-refractivity contribution in [3.63, 3.8) is 0 Å². The minimum Gasteiger partial charge on any atom is -0.395 e. The Morgan fingerprint density at radius 1 is 1.29 bits per heavy atom. The smallest absolute Gasteiger partial charge is 0.395 e. The van der Waals surface area contributed by atoms with E-state index in [0.29, 0.717) is 5.56 Å². The molecule has 1 aromatic carbocycles. The minimum atomic E-state index is -3.63. The number of fused-ring (bicyclic) bond motifs is 1. The molecule has 1 aromatic rings. The molecule has 0 unspecified atom stereocenters. The second kappa shape index (κ2) is 4.64. The Labute approximate surface area is 103 Å². The maximum absolute atomic E-state index is 12.7. The molecule has 4 nitrogen and oxygen atoms in total. The monoisotopic (exact) mass is 267 g/mol. The summed E-state index contributed by atoms with van der Waals surface area (Å²) in [4.78, 5) is 0. The second-order valence-corrected chi connectivity index (χ2v) is 3.64. The molecule has 0 saturated carbocycles. The quantitative estimate of drug-likeness (QED) is 0.858. The first kappa shape index (κ1) is 14.0. The number of rotatable bonds is 2. The van der Waals surface area contributed by atoms with E-state index in [0.717, 1.165) is 0 Å². The van der Waals surface area contributed by atoms with Crippen LogP contribution in [0.5, 0.6) is 11.5 Å². The third-order valence-electron chi connectivity index (χ3n) is 2.33. The van der Waals surface area contributed by atoms with Gasteiger partial charge in [0.1, 0.15) is 0 Å². The number of benzene rings is 1. The van der Waals surface area contributed by atoms with Gasteiger partial charge in [0, 0.05) is 0 Å². The van der Waals surface area contributed by atoms with Crippen molar-refractivity contribution >= 4 is 12.4 Å². The molecular weight excluding hydrogens is 256 g/mol. The third-order valence-corrected chi connectivity index (χ3v) is 2.33. The summed E-state index contributed by atoms with van der Waals surface area (Å²) in [6.07, 6.45) is -4.41. The number of hydrogen-bond donors (Lipinski definition) is 2. The standard InChI is InChI=1S/C10H11F2NO3.ClH/c1-5(14)9(13)6-2-3-7-8(4-6)16-10(11,12)15-7;/h2-5,9,14H,13H2,1H3;1H/t5-,9-;/m0./s1. The molecule has 1 aliphatic rings. The average molecular weight is 268 g/mol. The summed E-state index contributed by atoms with van der Waals surface area (Å²) in [7, 11) is 0. The highest BCUT2D eigenvalue weighted by atomic mass is 35.5. The fourth-order valence-corrected chi connectivity index (χ4v) is 1.45. The summed E-state index contributed by atoms with van der Waals surface area (Å²) in [5.74, 6) is -0.106. The highest BCUT2D eigenvalue weighted by Crippen LogP contribution is 2.41. The molecule has 2 rings (SSSR count). The molecule has 17 heavy (non-hydrogen) atoms. The molecule has 0 bridgehead atoms. The van der Waals surface area contributed by atoms with Gasteiger partial charge in [0.25, 0.3) is 0 Å². The predicted octanol–water partition coefficient (Wildman–Crippen LogP) is 1.81. The normalized spacial score (nSPS) is 19.4. The Morgan fingerprint density at radius 3 is 2.47 bits per heavy atom. The van der Waals surface area contributed by atoms with Gasteiger partial charge in [0.05, 0.1) is 12.1 Å². The Bertz CT molecular complexity index is 415. The van der Waals surface area contributed by atoms with E-state index in [9.17, 15) is 13.9 Å². The molecule has 0 spiro atoms. The SMILES string of the molecule is C[C@H](O)[C@H](N)c1ccc2c(c1)OC(F)(F)O2.Cl. The summed E-state index contributed by atoms with van der Waals surface area (Å²) in [5.41, 5.74) is 6.17. The van der Waals surface area contributed by atoms with Gasteiger partial charge < -0.3 is 20.3 Å². The Morgan fingerprint density at radius 2 is 1.88 bits per heavy atom. The van der Waals surface area contributed by atoms with Crippen LogP contribution in [0.4, 0.5) is 8.78 Å². The van der Waals surface area contributed by atoms with Crippen molar-refractivity contribution in [2.75, 3.05) is 0 Å². The molecule has 0 aromatic heterocycles. The molecule has 0 fully saturated rings. The van der Waals surface area contributed by atoms with Gasteiger partial charge in [0.15, 0.2) is 11.5 Å². The third kappa shape index (κ3) is 2.77. The number of halogens is 3. The first-order valence-electron chi connectivity index (χ1n) is 4.72. The molecule has 1 aliphatic heterocycles. The Hall–Kier alpha value is -1.11. The van der Waals surface area contributed by atoms with Crippen molar-refractivity contribution in [1.29, 1.82) is 0 Å². The van der Waals surface area contributed by atoms with Gasteiger partial charge >= 0.3 is 6.29 Å². The number of hydrogen-bond acceptors (Lipinski definition) is 4. The van der Waals surface area contributed by atoms with Crippen LogP contribution in [-0.4, -0.2) is 17.5 Å². The van der Waals surface area contributed by atoms with Gasteiger partial charge in [-0.15, -0.1) is 21.2 Å². The van der Waals surface area contributed by atoms with Gasteiger partial charge in [-0.05, 0) is 24.6 Å². The van der Waals surface area contributed by atoms with Crippen LogP contribution in [0.3, 0.4) is 0 Å². The zero-order valence-electron chi connectivity index (χ0n) is 8.89.